The maximum absolute atomic E-state index is 13.8. The summed E-state index contributed by atoms with van der Waals surface area (Å²) >= 11 is 0. The molecule has 0 bridgehead atoms. The molecule has 1 aromatic carbocycles. The normalized spacial score (nSPS) is 20.5. The number of nitrogens with zero attached hydrogens (tertiary/aromatic N) is 3. The number of aromatic nitrogens is 2. The van der Waals surface area contributed by atoms with Gasteiger partial charge in [0.05, 0.1) is 17.9 Å². The van der Waals surface area contributed by atoms with Crippen LogP contribution in [0.25, 0.3) is 0 Å². The lowest BCUT2D eigenvalue weighted by molar-refractivity contribution is -0.106. The van der Waals surface area contributed by atoms with Crippen molar-refractivity contribution in [1.82, 2.24) is 14.9 Å². The van der Waals surface area contributed by atoms with Crippen molar-refractivity contribution in [2.75, 3.05) is 25.0 Å². The van der Waals surface area contributed by atoms with Crippen LogP contribution in [0, 0.1) is 5.82 Å². The van der Waals surface area contributed by atoms with E-state index < -0.39 is 5.60 Å². The van der Waals surface area contributed by atoms with Crippen LogP contribution in [-0.4, -0.2) is 40.6 Å². The largest absolute Gasteiger partial charge is 0.491 e. The Labute approximate surface area is 184 Å². The van der Waals surface area contributed by atoms with Gasteiger partial charge in [0.1, 0.15) is 5.60 Å². The topological polar surface area (TPSA) is 59.5 Å². The molecule has 0 radical (unpaired) electrons. The molecule has 0 saturated carbocycles. The first kappa shape index (κ1) is 22.0. The summed E-state index contributed by atoms with van der Waals surface area (Å²) in [6.45, 7) is 13.3. The van der Waals surface area contributed by atoms with Gasteiger partial charge in [-0.25, -0.2) is 14.4 Å². The Morgan fingerprint density at radius 1 is 1.19 bits per heavy atom. The van der Waals surface area contributed by atoms with Crippen LogP contribution in [0.3, 0.4) is 0 Å². The van der Waals surface area contributed by atoms with Gasteiger partial charge in [0.2, 0.25) is 5.95 Å². The van der Waals surface area contributed by atoms with Crippen LogP contribution in [0.2, 0.25) is 0 Å². The Morgan fingerprint density at radius 2 is 1.94 bits per heavy atom. The van der Waals surface area contributed by atoms with Crippen LogP contribution in [0.5, 0.6) is 5.75 Å². The fourth-order valence-electron chi connectivity index (χ4n) is 4.68. The van der Waals surface area contributed by atoms with Crippen molar-refractivity contribution in [1.29, 1.82) is 0 Å². The molecule has 1 aromatic heterocycles. The molecule has 0 unspecified atom stereocenters. The Morgan fingerprint density at radius 3 is 2.65 bits per heavy atom. The van der Waals surface area contributed by atoms with Crippen LogP contribution in [-0.2, 0) is 22.5 Å². The second-order valence-corrected chi connectivity index (χ2v) is 9.47. The predicted molar refractivity (Wildman–Crippen MR) is 119 cm³/mol. The summed E-state index contributed by atoms with van der Waals surface area (Å²) in [7, 11) is 0. The summed E-state index contributed by atoms with van der Waals surface area (Å²) in [5.74, 6) is 0.701. The van der Waals surface area contributed by atoms with Gasteiger partial charge in [-0.05, 0) is 65.2 Å². The van der Waals surface area contributed by atoms with Gasteiger partial charge in [-0.3, -0.25) is 4.90 Å². The van der Waals surface area contributed by atoms with Crippen molar-refractivity contribution in [3.63, 3.8) is 0 Å². The van der Waals surface area contributed by atoms with Crippen molar-refractivity contribution in [3.8, 4) is 5.75 Å². The minimum absolute atomic E-state index is 0.306. The van der Waals surface area contributed by atoms with Crippen LogP contribution in [0.1, 0.15) is 64.3 Å². The second kappa shape index (κ2) is 8.36. The first-order valence-electron chi connectivity index (χ1n) is 11.2. The van der Waals surface area contributed by atoms with Gasteiger partial charge in [0, 0.05) is 37.4 Å². The minimum atomic E-state index is -0.420. The molecule has 1 fully saturated rings. The summed E-state index contributed by atoms with van der Waals surface area (Å²) < 4.78 is 25.4. The fraction of sp³-hybridized carbons (Fsp3) is 0.583. The van der Waals surface area contributed by atoms with Crippen LogP contribution in [0.15, 0.2) is 24.4 Å². The summed E-state index contributed by atoms with van der Waals surface area (Å²) in [5.41, 5.74) is 2.31. The number of ether oxygens (including phenoxy) is 2. The first-order valence-corrected chi connectivity index (χ1v) is 11.2. The maximum Gasteiger partial charge on any atom is 0.223 e. The van der Waals surface area contributed by atoms with E-state index in [0.29, 0.717) is 24.3 Å². The van der Waals surface area contributed by atoms with E-state index in [1.54, 1.807) is 0 Å². The lowest BCUT2D eigenvalue weighted by atomic mass is 9.97. The van der Waals surface area contributed by atoms with Gasteiger partial charge in [-0.1, -0.05) is 6.07 Å². The molecule has 1 saturated heterocycles. The van der Waals surface area contributed by atoms with Gasteiger partial charge in [0.25, 0.3) is 0 Å². The molecule has 6 nitrogen and oxygen atoms in total. The average Bonchev–Trinajstić information content (AvgIpc) is 2.90. The van der Waals surface area contributed by atoms with Crippen molar-refractivity contribution >= 4 is 5.95 Å². The molecule has 2 aliphatic rings. The first-order chi connectivity index (χ1) is 14.7. The van der Waals surface area contributed by atoms with Crippen LogP contribution >= 0.6 is 0 Å². The van der Waals surface area contributed by atoms with E-state index in [1.807, 2.05) is 25.3 Å². The number of rotatable bonds is 6. The average molecular weight is 429 g/mol. The standard InChI is InChI=1S/C24H33FN4O2/c1-6-30-20-13-16(7-8-19(20)25)15-29-11-9-17(10-12-29)27-22-26-14-18-21(28-22)24(4,5)31-23(18,2)3/h7-8,13-14,17H,6,9-12,15H2,1-5H3,(H,26,27,28). The molecule has 0 spiro atoms. The highest BCUT2D eigenvalue weighted by Crippen LogP contribution is 2.45. The van der Waals surface area contributed by atoms with E-state index in [-0.39, 0.29) is 11.4 Å². The molecule has 0 aliphatic carbocycles. The van der Waals surface area contributed by atoms with Crippen molar-refractivity contribution < 1.29 is 13.9 Å². The number of hydrogen-bond donors (Lipinski definition) is 1. The Hall–Kier alpha value is -2.25. The van der Waals surface area contributed by atoms with Crippen LogP contribution < -0.4 is 10.1 Å². The monoisotopic (exact) mass is 428 g/mol. The van der Waals surface area contributed by atoms with E-state index in [4.69, 9.17) is 14.5 Å². The number of likely N-dealkylation sites (tertiary alicyclic amines) is 1. The molecular formula is C24H33FN4O2. The smallest absolute Gasteiger partial charge is 0.223 e. The van der Waals surface area contributed by atoms with E-state index >= 15 is 0 Å². The molecule has 3 heterocycles. The number of fused-ring (bicyclic) bond motifs is 1. The SMILES string of the molecule is CCOc1cc(CN2CCC(Nc3ncc4c(n3)C(C)(C)OC4(C)C)CC2)ccc1F. The van der Waals surface area contributed by atoms with Crippen molar-refractivity contribution in [3.05, 3.63) is 47.0 Å². The fourth-order valence-corrected chi connectivity index (χ4v) is 4.68. The molecular weight excluding hydrogens is 395 g/mol. The zero-order valence-electron chi connectivity index (χ0n) is 19.2. The third kappa shape index (κ3) is 4.67. The van der Waals surface area contributed by atoms with E-state index in [0.717, 1.165) is 49.3 Å². The quantitative estimate of drug-likeness (QED) is 0.726. The number of anilines is 1. The van der Waals surface area contributed by atoms with E-state index in [2.05, 4.69) is 42.9 Å². The third-order valence-electron chi connectivity index (χ3n) is 6.14. The maximum atomic E-state index is 13.8. The van der Waals surface area contributed by atoms with Gasteiger partial charge in [-0.2, -0.15) is 0 Å². The summed E-state index contributed by atoms with van der Waals surface area (Å²) in [6.07, 6.45) is 3.91. The van der Waals surface area contributed by atoms with Crippen LogP contribution in [0.4, 0.5) is 10.3 Å². The molecule has 4 rings (SSSR count). The Bertz CT molecular complexity index is 939. The molecule has 168 valence electrons. The Balaban J connectivity index is 1.35. The number of nitrogens with one attached hydrogen (secondary N) is 1. The van der Waals surface area contributed by atoms with E-state index in [1.165, 1.54) is 6.07 Å². The van der Waals surface area contributed by atoms with Gasteiger partial charge in [-0.15, -0.1) is 0 Å². The van der Waals surface area contributed by atoms with Gasteiger partial charge in [0.15, 0.2) is 11.6 Å². The highest BCUT2D eigenvalue weighted by molar-refractivity contribution is 5.39. The molecule has 0 atom stereocenters. The molecule has 2 aliphatic heterocycles. The number of halogens is 1. The zero-order valence-corrected chi connectivity index (χ0v) is 19.2. The summed E-state index contributed by atoms with van der Waals surface area (Å²) in [4.78, 5) is 11.8. The number of piperidine rings is 1. The second-order valence-electron chi connectivity index (χ2n) is 9.47. The van der Waals surface area contributed by atoms with E-state index in [9.17, 15) is 4.39 Å². The molecule has 31 heavy (non-hydrogen) atoms. The highest BCUT2D eigenvalue weighted by atomic mass is 19.1. The lowest BCUT2D eigenvalue weighted by Crippen LogP contribution is -2.39. The highest BCUT2D eigenvalue weighted by Gasteiger charge is 2.45. The summed E-state index contributed by atoms with van der Waals surface area (Å²) in [6, 6.07) is 5.48. The van der Waals surface area contributed by atoms with Crippen molar-refractivity contribution in [2.45, 2.75) is 71.2 Å². The zero-order chi connectivity index (χ0) is 22.2. The number of benzene rings is 1. The summed E-state index contributed by atoms with van der Waals surface area (Å²) in [5, 5.41) is 3.52. The molecule has 1 N–H and O–H groups in total. The third-order valence-corrected chi connectivity index (χ3v) is 6.14. The molecule has 2 aromatic rings. The lowest BCUT2D eigenvalue weighted by Gasteiger charge is -2.32. The van der Waals surface area contributed by atoms with Gasteiger partial charge < -0.3 is 14.8 Å². The molecule has 7 heteroatoms. The minimum Gasteiger partial charge on any atom is -0.491 e. The number of hydrogen-bond acceptors (Lipinski definition) is 6. The predicted octanol–water partition coefficient (Wildman–Crippen LogP) is 4.59. The Kier molecular flexibility index (Phi) is 5.92. The van der Waals surface area contributed by atoms with Gasteiger partial charge >= 0.3 is 0 Å². The van der Waals surface area contributed by atoms with Crippen molar-refractivity contribution in [2.24, 2.45) is 0 Å². The molecule has 0 amide bonds.